The summed E-state index contributed by atoms with van der Waals surface area (Å²) in [6, 6.07) is 8.17. The Hall–Kier alpha value is -1.31. The molecule has 0 aliphatic heterocycles. The summed E-state index contributed by atoms with van der Waals surface area (Å²) in [7, 11) is 0. The van der Waals surface area contributed by atoms with Gasteiger partial charge in [0.2, 0.25) is 0 Å². The number of hydrogen-bond acceptors (Lipinski definition) is 2. The predicted molar refractivity (Wildman–Crippen MR) is 60.8 cm³/mol. The number of ether oxygens (including phenoxy) is 1. The highest BCUT2D eigenvalue weighted by atomic mass is 16.5. The molecule has 2 nitrogen and oxygen atoms in total. The van der Waals surface area contributed by atoms with E-state index in [-0.39, 0.29) is 5.97 Å². The van der Waals surface area contributed by atoms with Gasteiger partial charge in [0.15, 0.2) is 0 Å². The fraction of sp³-hybridized carbons (Fsp3) is 0.462. The van der Waals surface area contributed by atoms with Crippen LogP contribution in [0.4, 0.5) is 0 Å². The van der Waals surface area contributed by atoms with E-state index >= 15 is 0 Å². The van der Waals surface area contributed by atoms with Crippen molar-refractivity contribution in [3.8, 4) is 0 Å². The Morgan fingerprint density at radius 1 is 1.33 bits per heavy atom. The highest BCUT2D eigenvalue weighted by Crippen LogP contribution is 2.07. The van der Waals surface area contributed by atoms with Gasteiger partial charge in [0.05, 0.1) is 6.61 Å². The lowest BCUT2D eigenvalue weighted by Gasteiger charge is -2.06. The van der Waals surface area contributed by atoms with Crippen molar-refractivity contribution >= 4 is 5.97 Å². The van der Waals surface area contributed by atoms with Gasteiger partial charge in [0, 0.05) is 12.8 Å². The largest absolute Gasteiger partial charge is 0.465 e. The average Bonchev–Trinajstić information content (AvgIpc) is 2.21. The quantitative estimate of drug-likeness (QED) is 0.692. The van der Waals surface area contributed by atoms with Crippen molar-refractivity contribution in [3.05, 3.63) is 35.4 Å². The van der Waals surface area contributed by atoms with Crippen LogP contribution < -0.4 is 0 Å². The maximum Gasteiger partial charge on any atom is 0.305 e. The van der Waals surface area contributed by atoms with E-state index in [0.29, 0.717) is 13.0 Å². The lowest BCUT2D eigenvalue weighted by atomic mass is 10.1. The van der Waals surface area contributed by atoms with Crippen LogP contribution in [0.3, 0.4) is 0 Å². The minimum atomic E-state index is -0.0916. The number of esters is 1. The topological polar surface area (TPSA) is 26.3 Å². The van der Waals surface area contributed by atoms with Gasteiger partial charge < -0.3 is 4.74 Å². The highest BCUT2D eigenvalue weighted by Gasteiger charge is 2.01. The van der Waals surface area contributed by atoms with E-state index in [0.717, 1.165) is 12.8 Å². The van der Waals surface area contributed by atoms with Gasteiger partial charge in [0.1, 0.15) is 0 Å². The van der Waals surface area contributed by atoms with Gasteiger partial charge in [-0.05, 0) is 24.5 Å². The van der Waals surface area contributed by atoms with Gasteiger partial charge in [-0.25, -0.2) is 0 Å². The van der Waals surface area contributed by atoms with Crippen molar-refractivity contribution in [2.24, 2.45) is 0 Å². The maximum absolute atomic E-state index is 11.1. The minimum Gasteiger partial charge on any atom is -0.465 e. The summed E-state index contributed by atoms with van der Waals surface area (Å²) in [5.41, 5.74) is 2.51. The van der Waals surface area contributed by atoms with Crippen LogP contribution in [0.5, 0.6) is 0 Å². The molecule has 0 saturated heterocycles. The molecule has 1 aromatic rings. The third-order valence-corrected chi connectivity index (χ3v) is 2.35. The van der Waals surface area contributed by atoms with Gasteiger partial charge in [-0.2, -0.15) is 0 Å². The molecule has 0 unspecified atom stereocenters. The minimum absolute atomic E-state index is 0.0916. The van der Waals surface area contributed by atoms with Crippen molar-refractivity contribution in [2.75, 3.05) is 6.61 Å². The second kappa shape index (κ2) is 6.23. The van der Waals surface area contributed by atoms with Crippen LogP contribution in [0.25, 0.3) is 0 Å². The average molecular weight is 206 g/mol. The molecular weight excluding hydrogens is 188 g/mol. The molecule has 0 spiro atoms. The SMILES string of the molecule is CCCC(=O)OCCc1ccccc1C. The fourth-order valence-electron chi connectivity index (χ4n) is 1.44. The molecule has 0 amide bonds. The molecule has 0 atom stereocenters. The molecule has 1 aromatic carbocycles. The molecule has 82 valence electrons. The van der Waals surface area contributed by atoms with E-state index < -0.39 is 0 Å². The summed E-state index contributed by atoms with van der Waals surface area (Å²) < 4.78 is 5.10. The normalized spacial score (nSPS) is 10.0. The third kappa shape index (κ3) is 4.15. The van der Waals surface area contributed by atoms with E-state index in [4.69, 9.17) is 4.74 Å². The van der Waals surface area contributed by atoms with Crippen molar-refractivity contribution in [2.45, 2.75) is 33.1 Å². The molecule has 0 saturated carbocycles. The van der Waals surface area contributed by atoms with Crippen molar-refractivity contribution in [1.82, 2.24) is 0 Å². The molecule has 0 bridgehead atoms. The molecular formula is C13H18O2. The van der Waals surface area contributed by atoms with E-state index in [2.05, 4.69) is 19.1 Å². The maximum atomic E-state index is 11.1. The monoisotopic (exact) mass is 206 g/mol. The molecule has 0 radical (unpaired) electrons. The summed E-state index contributed by atoms with van der Waals surface area (Å²) in [5, 5.41) is 0. The Labute approximate surface area is 91.3 Å². The van der Waals surface area contributed by atoms with Crippen LogP contribution in [0.1, 0.15) is 30.9 Å². The zero-order valence-corrected chi connectivity index (χ0v) is 9.45. The van der Waals surface area contributed by atoms with Gasteiger partial charge in [-0.3, -0.25) is 4.79 Å². The van der Waals surface area contributed by atoms with E-state index in [1.54, 1.807) is 0 Å². The number of carbonyl (C=O) groups excluding carboxylic acids is 1. The number of aryl methyl sites for hydroxylation is 1. The second-order valence-corrected chi connectivity index (χ2v) is 3.65. The first-order chi connectivity index (χ1) is 7.24. The van der Waals surface area contributed by atoms with Crippen LogP contribution >= 0.6 is 0 Å². The molecule has 2 heteroatoms. The Bertz CT molecular complexity index is 318. The number of rotatable bonds is 5. The molecule has 0 N–H and O–H groups in total. The second-order valence-electron chi connectivity index (χ2n) is 3.65. The zero-order valence-electron chi connectivity index (χ0n) is 9.45. The van der Waals surface area contributed by atoms with Crippen LogP contribution in [-0.4, -0.2) is 12.6 Å². The molecule has 0 aliphatic rings. The summed E-state index contributed by atoms with van der Waals surface area (Å²) in [6.07, 6.45) is 2.18. The van der Waals surface area contributed by atoms with Gasteiger partial charge in [0.25, 0.3) is 0 Å². The van der Waals surface area contributed by atoms with Gasteiger partial charge >= 0.3 is 5.97 Å². The summed E-state index contributed by atoms with van der Waals surface area (Å²) in [5.74, 6) is -0.0916. The molecule has 0 fully saturated rings. The van der Waals surface area contributed by atoms with Crippen molar-refractivity contribution in [1.29, 1.82) is 0 Å². The molecule has 0 heterocycles. The van der Waals surface area contributed by atoms with Crippen LogP contribution in [0.15, 0.2) is 24.3 Å². The lowest BCUT2D eigenvalue weighted by molar-refractivity contribution is -0.143. The van der Waals surface area contributed by atoms with E-state index in [1.165, 1.54) is 11.1 Å². The zero-order chi connectivity index (χ0) is 11.1. The Morgan fingerprint density at radius 2 is 2.07 bits per heavy atom. The predicted octanol–water partition coefficient (Wildman–Crippen LogP) is 2.88. The first-order valence-corrected chi connectivity index (χ1v) is 5.44. The van der Waals surface area contributed by atoms with Crippen LogP contribution in [0.2, 0.25) is 0 Å². The highest BCUT2D eigenvalue weighted by molar-refractivity contribution is 5.69. The first-order valence-electron chi connectivity index (χ1n) is 5.44. The lowest BCUT2D eigenvalue weighted by Crippen LogP contribution is -2.07. The molecule has 0 aliphatic carbocycles. The van der Waals surface area contributed by atoms with Gasteiger partial charge in [-0.15, -0.1) is 0 Å². The van der Waals surface area contributed by atoms with Gasteiger partial charge in [-0.1, -0.05) is 31.2 Å². The number of hydrogen-bond donors (Lipinski definition) is 0. The summed E-state index contributed by atoms with van der Waals surface area (Å²) >= 11 is 0. The van der Waals surface area contributed by atoms with Crippen LogP contribution in [0, 0.1) is 6.92 Å². The smallest absolute Gasteiger partial charge is 0.305 e. The van der Waals surface area contributed by atoms with E-state index in [1.807, 2.05) is 19.1 Å². The summed E-state index contributed by atoms with van der Waals surface area (Å²) in [6.45, 7) is 4.54. The molecule has 0 aromatic heterocycles. The molecule has 15 heavy (non-hydrogen) atoms. The summed E-state index contributed by atoms with van der Waals surface area (Å²) in [4.78, 5) is 11.1. The van der Waals surface area contributed by atoms with E-state index in [9.17, 15) is 4.79 Å². The fourth-order valence-corrected chi connectivity index (χ4v) is 1.44. The number of benzene rings is 1. The van der Waals surface area contributed by atoms with Crippen LogP contribution in [-0.2, 0) is 16.0 Å². The molecule has 1 rings (SSSR count). The third-order valence-electron chi connectivity index (χ3n) is 2.35. The Kier molecular flexibility index (Phi) is 4.88. The van der Waals surface area contributed by atoms with Crippen molar-refractivity contribution in [3.63, 3.8) is 0 Å². The first kappa shape index (κ1) is 11.8. The van der Waals surface area contributed by atoms with Crippen molar-refractivity contribution < 1.29 is 9.53 Å². The number of carbonyl (C=O) groups is 1. The Morgan fingerprint density at radius 3 is 2.73 bits per heavy atom. The Balaban J connectivity index is 2.32. The standard InChI is InChI=1S/C13H18O2/c1-3-6-13(14)15-10-9-12-8-5-4-7-11(12)2/h4-5,7-8H,3,6,9-10H2,1-2H3.